The van der Waals surface area contributed by atoms with E-state index < -0.39 is 23.7 Å². The van der Waals surface area contributed by atoms with Crippen LogP contribution in [0.5, 0.6) is 0 Å². The summed E-state index contributed by atoms with van der Waals surface area (Å²) in [4.78, 5) is 69.2. The standard InChI is InChI=1S/C30H42N8O6S/c1-18(2)8-9-23-26(29(44)31-12-7-13-36(3)4)34-30(45-23)35-28(43)22-15-20(17-38(22)6)33-27(42)21-14-19(16-37(21)5)32-24(39)10-11-25(40)41/h14-18H,7-13H2,1-6H3,(H,31,44)(H,32,39)(H,33,42)(H,40,41)(H,34,35,43). The number of hydrogen-bond acceptors (Lipinski definition) is 8. The predicted octanol–water partition coefficient (Wildman–Crippen LogP) is 3.40. The Morgan fingerprint density at radius 3 is 2.09 bits per heavy atom. The monoisotopic (exact) mass is 642 g/mol. The van der Waals surface area contributed by atoms with Crippen molar-refractivity contribution in [3.05, 3.63) is 46.5 Å². The smallest absolute Gasteiger partial charge is 0.303 e. The number of amides is 4. The van der Waals surface area contributed by atoms with Gasteiger partial charge in [-0.25, -0.2) is 4.98 Å². The van der Waals surface area contributed by atoms with Crippen molar-refractivity contribution in [3.8, 4) is 0 Å². The molecule has 0 aromatic carbocycles. The second-order valence-electron chi connectivity index (χ2n) is 11.4. The number of hydrogen-bond donors (Lipinski definition) is 5. The van der Waals surface area contributed by atoms with Gasteiger partial charge in [-0.15, -0.1) is 11.3 Å². The fraction of sp³-hybridized carbons (Fsp3) is 0.467. The summed E-state index contributed by atoms with van der Waals surface area (Å²) in [7, 11) is 7.25. The third kappa shape index (κ3) is 10.6. The fourth-order valence-corrected chi connectivity index (χ4v) is 5.34. The third-order valence-corrected chi connectivity index (χ3v) is 7.76. The minimum Gasteiger partial charge on any atom is -0.481 e. The number of aliphatic carboxylic acids is 1. The highest BCUT2D eigenvalue weighted by atomic mass is 32.1. The van der Waals surface area contributed by atoms with Crippen LogP contribution in [-0.4, -0.2) is 80.9 Å². The molecular formula is C30H42N8O6S. The molecule has 0 unspecified atom stereocenters. The van der Waals surface area contributed by atoms with Gasteiger partial charge in [-0.2, -0.15) is 0 Å². The van der Waals surface area contributed by atoms with Gasteiger partial charge in [0.25, 0.3) is 17.7 Å². The first kappa shape index (κ1) is 35.0. The van der Waals surface area contributed by atoms with Crippen molar-refractivity contribution < 1.29 is 29.1 Å². The SMILES string of the molecule is CC(C)CCc1sc(NC(=O)c2cc(NC(=O)c3cc(NC(=O)CCC(=O)O)cn3C)cn2C)nc1C(=O)NCCCN(C)C. The van der Waals surface area contributed by atoms with Gasteiger partial charge in [0.05, 0.1) is 17.8 Å². The molecule has 3 rings (SSSR count). The number of thiazole rings is 1. The van der Waals surface area contributed by atoms with E-state index in [1.165, 1.54) is 28.0 Å². The van der Waals surface area contributed by atoms with Crippen LogP contribution in [0.1, 0.15) is 75.9 Å². The maximum absolute atomic E-state index is 13.2. The number of rotatable bonds is 16. The number of nitrogens with zero attached hydrogens (tertiary/aromatic N) is 4. The van der Waals surface area contributed by atoms with Gasteiger partial charge in [0.2, 0.25) is 5.91 Å². The van der Waals surface area contributed by atoms with Gasteiger partial charge >= 0.3 is 5.97 Å². The van der Waals surface area contributed by atoms with Crippen LogP contribution < -0.4 is 21.3 Å². The molecule has 0 saturated heterocycles. The Morgan fingerprint density at radius 2 is 1.51 bits per heavy atom. The summed E-state index contributed by atoms with van der Waals surface area (Å²) in [6.07, 6.45) is 4.98. The number of carbonyl (C=O) groups excluding carboxylic acids is 4. The molecule has 0 saturated carbocycles. The summed E-state index contributed by atoms with van der Waals surface area (Å²) in [5.74, 6) is -2.32. The van der Waals surface area contributed by atoms with Gasteiger partial charge in [0, 0.05) is 44.3 Å². The number of nitrogens with one attached hydrogen (secondary N) is 4. The Hall–Kier alpha value is -4.50. The predicted molar refractivity (Wildman–Crippen MR) is 173 cm³/mol. The van der Waals surface area contributed by atoms with Gasteiger partial charge in [0.1, 0.15) is 17.1 Å². The fourth-order valence-electron chi connectivity index (χ4n) is 4.37. The van der Waals surface area contributed by atoms with E-state index in [1.807, 2.05) is 19.0 Å². The van der Waals surface area contributed by atoms with E-state index in [1.54, 1.807) is 31.1 Å². The molecule has 0 aliphatic heterocycles. The van der Waals surface area contributed by atoms with Crippen LogP contribution in [0.4, 0.5) is 16.5 Å². The van der Waals surface area contributed by atoms with Crippen LogP contribution in [0.25, 0.3) is 0 Å². The highest BCUT2D eigenvalue weighted by Gasteiger charge is 2.22. The first-order valence-corrected chi connectivity index (χ1v) is 15.4. The highest BCUT2D eigenvalue weighted by Crippen LogP contribution is 2.27. The topological polar surface area (TPSA) is 180 Å². The number of aryl methyl sites for hydroxylation is 3. The van der Waals surface area contributed by atoms with Crippen LogP contribution in [0, 0.1) is 5.92 Å². The molecule has 0 radical (unpaired) electrons. The lowest BCUT2D eigenvalue weighted by molar-refractivity contribution is -0.138. The van der Waals surface area contributed by atoms with Crippen molar-refractivity contribution in [3.63, 3.8) is 0 Å². The van der Waals surface area contributed by atoms with Gasteiger partial charge in [0.15, 0.2) is 5.13 Å². The number of carboxylic acids is 1. The summed E-state index contributed by atoms with van der Waals surface area (Å²) >= 11 is 1.28. The lowest BCUT2D eigenvalue weighted by Crippen LogP contribution is -2.28. The van der Waals surface area contributed by atoms with Crippen molar-refractivity contribution in [2.45, 2.75) is 46.0 Å². The molecule has 244 valence electrons. The van der Waals surface area contributed by atoms with Crippen LogP contribution in [-0.2, 0) is 30.1 Å². The zero-order chi connectivity index (χ0) is 33.3. The summed E-state index contributed by atoms with van der Waals surface area (Å²) < 4.78 is 3.09. The van der Waals surface area contributed by atoms with E-state index in [9.17, 15) is 24.0 Å². The average Bonchev–Trinajstić information content (AvgIpc) is 3.64. The van der Waals surface area contributed by atoms with Crippen LogP contribution in [0.3, 0.4) is 0 Å². The molecule has 0 aliphatic rings. The molecule has 0 aliphatic carbocycles. The zero-order valence-corrected chi connectivity index (χ0v) is 27.3. The molecule has 0 bridgehead atoms. The lowest BCUT2D eigenvalue weighted by Gasteiger charge is -2.10. The molecule has 3 aromatic heterocycles. The van der Waals surface area contributed by atoms with Crippen molar-refractivity contribution in [1.82, 2.24) is 24.3 Å². The summed E-state index contributed by atoms with van der Waals surface area (Å²) in [5, 5.41) is 20.1. The normalized spacial score (nSPS) is 11.1. The summed E-state index contributed by atoms with van der Waals surface area (Å²) in [5.41, 5.74) is 1.54. The van der Waals surface area contributed by atoms with E-state index in [0.717, 1.165) is 24.3 Å². The van der Waals surface area contributed by atoms with E-state index >= 15 is 0 Å². The molecule has 0 spiro atoms. The Kier molecular flexibility index (Phi) is 12.4. The minimum atomic E-state index is -1.08. The Balaban J connectivity index is 1.68. The van der Waals surface area contributed by atoms with Crippen LogP contribution in [0.15, 0.2) is 24.5 Å². The molecule has 45 heavy (non-hydrogen) atoms. The first-order valence-electron chi connectivity index (χ1n) is 14.6. The van der Waals surface area contributed by atoms with Crippen molar-refractivity contribution in [1.29, 1.82) is 0 Å². The van der Waals surface area contributed by atoms with Gasteiger partial charge in [-0.3, -0.25) is 29.3 Å². The number of carboxylic acid groups (broad SMARTS) is 1. The average molecular weight is 643 g/mol. The molecule has 5 N–H and O–H groups in total. The van der Waals surface area contributed by atoms with E-state index in [4.69, 9.17) is 5.11 Å². The van der Waals surface area contributed by atoms with Gasteiger partial charge in [-0.05, 0) is 58.0 Å². The van der Waals surface area contributed by atoms with E-state index in [-0.39, 0.29) is 30.1 Å². The quantitative estimate of drug-likeness (QED) is 0.148. The van der Waals surface area contributed by atoms with Crippen molar-refractivity contribution in [2.24, 2.45) is 20.0 Å². The minimum absolute atomic E-state index is 0.188. The first-order chi connectivity index (χ1) is 21.2. The highest BCUT2D eigenvalue weighted by molar-refractivity contribution is 7.16. The second-order valence-corrected chi connectivity index (χ2v) is 12.5. The third-order valence-electron chi connectivity index (χ3n) is 6.73. The lowest BCUT2D eigenvalue weighted by atomic mass is 10.1. The Bertz CT molecular complexity index is 1540. The van der Waals surface area contributed by atoms with E-state index in [0.29, 0.717) is 41.1 Å². The Morgan fingerprint density at radius 1 is 0.911 bits per heavy atom. The number of anilines is 3. The molecule has 3 aromatic rings. The van der Waals surface area contributed by atoms with Gasteiger partial charge in [-0.1, -0.05) is 13.8 Å². The van der Waals surface area contributed by atoms with E-state index in [2.05, 4.69) is 40.1 Å². The molecule has 0 fully saturated rings. The summed E-state index contributed by atoms with van der Waals surface area (Å²) in [6, 6.07) is 3.00. The largest absolute Gasteiger partial charge is 0.481 e. The summed E-state index contributed by atoms with van der Waals surface area (Å²) in [6.45, 7) is 5.58. The number of carbonyl (C=O) groups is 5. The Labute approximate surface area is 266 Å². The molecule has 3 heterocycles. The zero-order valence-electron chi connectivity index (χ0n) is 26.5. The van der Waals surface area contributed by atoms with Gasteiger partial charge < -0.3 is 35.1 Å². The van der Waals surface area contributed by atoms with Crippen LogP contribution in [0.2, 0.25) is 0 Å². The van der Waals surface area contributed by atoms with Crippen molar-refractivity contribution >= 4 is 57.4 Å². The maximum Gasteiger partial charge on any atom is 0.303 e. The molecular weight excluding hydrogens is 600 g/mol. The van der Waals surface area contributed by atoms with Crippen LogP contribution >= 0.6 is 11.3 Å². The number of aromatic nitrogens is 3. The maximum atomic E-state index is 13.2. The molecule has 14 nitrogen and oxygen atoms in total. The molecule has 15 heteroatoms. The molecule has 0 atom stereocenters. The molecule has 4 amide bonds. The second kappa shape index (κ2) is 16.0. The van der Waals surface area contributed by atoms with Crippen molar-refractivity contribution in [2.75, 3.05) is 43.1 Å².